The molecule has 0 aliphatic heterocycles. The van der Waals surface area contributed by atoms with Gasteiger partial charge in [0.1, 0.15) is 9.84 Å². The van der Waals surface area contributed by atoms with Crippen molar-refractivity contribution in [2.24, 2.45) is 0 Å². The number of hydrogen-bond acceptors (Lipinski definition) is 7. The molecule has 0 fully saturated rings. The number of aromatic nitrogens is 3. The molecule has 0 unspecified atom stereocenters. The van der Waals surface area contributed by atoms with Crippen LogP contribution in [0.1, 0.15) is 28.8 Å². The van der Waals surface area contributed by atoms with Gasteiger partial charge in [-0.1, -0.05) is 17.8 Å². The first-order valence-electron chi connectivity index (χ1n) is 11.5. The number of hydrogen-bond donors (Lipinski definition) is 2. The Morgan fingerprint density at radius 1 is 1.09 bits per heavy atom. The number of carbonyl (C=O) groups excluding carboxylic acids is 1. The second kappa shape index (κ2) is 9.22. The molecule has 1 amide bonds. The molecule has 3 aromatic heterocycles. The third kappa shape index (κ3) is 4.51. The lowest BCUT2D eigenvalue weighted by Gasteiger charge is -2.09. The van der Waals surface area contributed by atoms with Crippen molar-refractivity contribution in [3.8, 4) is 10.6 Å². The molecular weight excluding hydrogens is 497 g/mol. The molecule has 0 radical (unpaired) electrons. The van der Waals surface area contributed by atoms with E-state index in [1.54, 1.807) is 22.7 Å². The van der Waals surface area contributed by atoms with Crippen molar-refractivity contribution in [1.29, 1.82) is 0 Å². The number of thiophene rings is 1. The van der Waals surface area contributed by atoms with E-state index in [1.165, 1.54) is 38.9 Å². The van der Waals surface area contributed by atoms with Gasteiger partial charge in [-0.15, -0.1) is 22.7 Å². The third-order valence-corrected chi connectivity index (χ3v) is 9.23. The maximum atomic E-state index is 12.7. The number of benzene rings is 2. The molecule has 1 aliphatic carbocycles. The predicted molar refractivity (Wildman–Crippen MR) is 146 cm³/mol. The quantitative estimate of drug-likeness (QED) is 0.214. The van der Waals surface area contributed by atoms with Gasteiger partial charge in [0, 0.05) is 16.1 Å². The van der Waals surface area contributed by atoms with Crippen LogP contribution in [0.4, 0.5) is 5.69 Å². The number of fused-ring (bicyclic) bond motifs is 4. The highest BCUT2D eigenvalue weighted by Crippen LogP contribution is 2.34. The summed E-state index contributed by atoms with van der Waals surface area (Å²) in [5.41, 5.74) is 5.03. The summed E-state index contributed by atoms with van der Waals surface area (Å²) in [7, 11) is 0. The first-order chi connectivity index (χ1) is 17.0. The minimum Gasteiger partial charge on any atom is -0.325 e. The van der Waals surface area contributed by atoms with Crippen LogP contribution >= 0.6 is 34.4 Å². The third-order valence-electron chi connectivity index (χ3n) is 6.10. The molecule has 3 heterocycles. The number of nitrogens with one attached hydrogen (secondary N) is 2. The minimum atomic E-state index is -0.147. The SMILES string of the molecule is Cc1ccc2nc(-c3ccc(NC(=O)CSc4nc5sc6c(c5c(=O)[nH]4)CCCC6)cc3)sc2c1. The summed E-state index contributed by atoms with van der Waals surface area (Å²) in [6.07, 6.45) is 4.27. The van der Waals surface area contributed by atoms with Crippen LogP contribution in [0, 0.1) is 6.92 Å². The normalized spacial score (nSPS) is 13.3. The van der Waals surface area contributed by atoms with Crippen molar-refractivity contribution in [2.45, 2.75) is 37.8 Å². The highest BCUT2D eigenvalue weighted by Gasteiger charge is 2.20. The number of aryl methyl sites for hydroxylation is 3. The number of anilines is 1. The first kappa shape index (κ1) is 22.5. The van der Waals surface area contributed by atoms with Gasteiger partial charge in [-0.25, -0.2) is 9.97 Å². The van der Waals surface area contributed by atoms with Gasteiger partial charge < -0.3 is 10.3 Å². The Labute approximate surface area is 213 Å². The summed E-state index contributed by atoms with van der Waals surface area (Å²) < 4.78 is 1.17. The van der Waals surface area contributed by atoms with Crippen LogP contribution in [0.25, 0.3) is 31.0 Å². The Bertz CT molecular complexity index is 1630. The van der Waals surface area contributed by atoms with Crippen LogP contribution in [0.15, 0.2) is 52.4 Å². The summed E-state index contributed by atoms with van der Waals surface area (Å²) in [4.78, 5) is 39.5. The molecule has 5 aromatic rings. The van der Waals surface area contributed by atoms with Gasteiger partial charge >= 0.3 is 0 Å². The van der Waals surface area contributed by atoms with Gasteiger partial charge in [0.15, 0.2) is 5.16 Å². The largest absolute Gasteiger partial charge is 0.325 e. The Hall–Kier alpha value is -3.01. The molecule has 0 bridgehead atoms. The highest BCUT2D eigenvalue weighted by molar-refractivity contribution is 7.99. The molecular formula is C26H22N4O2S3. The zero-order valence-electron chi connectivity index (χ0n) is 19.0. The van der Waals surface area contributed by atoms with Crippen molar-refractivity contribution < 1.29 is 4.79 Å². The second-order valence-corrected chi connectivity index (χ2v) is 11.7. The number of rotatable bonds is 5. The van der Waals surface area contributed by atoms with E-state index in [-0.39, 0.29) is 17.2 Å². The number of aromatic amines is 1. The Kier molecular flexibility index (Phi) is 5.91. The van der Waals surface area contributed by atoms with Gasteiger partial charge in [-0.05, 0) is 80.1 Å². The van der Waals surface area contributed by atoms with Crippen molar-refractivity contribution in [1.82, 2.24) is 15.0 Å². The maximum absolute atomic E-state index is 12.7. The second-order valence-electron chi connectivity index (χ2n) is 8.67. The van der Waals surface area contributed by atoms with E-state index in [9.17, 15) is 9.59 Å². The van der Waals surface area contributed by atoms with E-state index < -0.39 is 0 Å². The minimum absolute atomic E-state index is 0.0992. The number of H-pyrrole nitrogens is 1. The van der Waals surface area contributed by atoms with Crippen molar-refractivity contribution in [2.75, 3.05) is 11.1 Å². The Balaban J connectivity index is 1.12. The molecule has 0 saturated heterocycles. The molecule has 9 heteroatoms. The lowest BCUT2D eigenvalue weighted by atomic mass is 9.97. The van der Waals surface area contributed by atoms with E-state index in [4.69, 9.17) is 4.98 Å². The fraction of sp³-hybridized carbons (Fsp3) is 0.231. The monoisotopic (exact) mass is 518 g/mol. The van der Waals surface area contributed by atoms with Crippen LogP contribution in [-0.2, 0) is 17.6 Å². The summed E-state index contributed by atoms with van der Waals surface area (Å²) in [5, 5.41) is 5.10. The number of amides is 1. The van der Waals surface area contributed by atoms with Gasteiger partial charge in [0.05, 0.1) is 21.4 Å². The number of thioether (sulfide) groups is 1. The summed E-state index contributed by atoms with van der Waals surface area (Å²) in [6.45, 7) is 2.08. The van der Waals surface area contributed by atoms with E-state index in [0.29, 0.717) is 5.16 Å². The number of thiazole rings is 1. The van der Waals surface area contributed by atoms with Crippen LogP contribution < -0.4 is 10.9 Å². The smallest absolute Gasteiger partial charge is 0.260 e. The first-order valence-corrected chi connectivity index (χ1v) is 14.1. The van der Waals surface area contributed by atoms with Crippen LogP contribution in [0.2, 0.25) is 0 Å². The molecule has 0 spiro atoms. The summed E-state index contributed by atoms with van der Waals surface area (Å²) >= 11 is 4.53. The molecule has 6 rings (SSSR count). The van der Waals surface area contributed by atoms with Crippen LogP contribution in [0.3, 0.4) is 0 Å². The molecule has 35 heavy (non-hydrogen) atoms. The fourth-order valence-electron chi connectivity index (χ4n) is 4.39. The molecule has 176 valence electrons. The van der Waals surface area contributed by atoms with E-state index in [1.807, 2.05) is 30.3 Å². The standard InChI is InChI=1S/C26H22N4O2S3/c1-14-6-11-18-20(12-14)35-24(28-18)15-7-9-16(10-8-15)27-21(31)13-33-26-29-23(32)22-17-4-2-3-5-19(17)34-25(22)30-26/h6-12H,2-5,13H2,1H3,(H,27,31)(H,29,30,32). The van der Waals surface area contributed by atoms with Gasteiger partial charge in [0.25, 0.3) is 5.56 Å². The lowest BCUT2D eigenvalue weighted by molar-refractivity contribution is -0.113. The zero-order chi connectivity index (χ0) is 23.9. The molecule has 1 aliphatic rings. The van der Waals surface area contributed by atoms with E-state index in [2.05, 4.69) is 34.3 Å². The number of carbonyl (C=O) groups is 1. The van der Waals surface area contributed by atoms with Gasteiger partial charge in [-0.3, -0.25) is 9.59 Å². The number of nitrogens with zero attached hydrogens (tertiary/aromatic N) is 2. The maximum Gasteiger partial charge on any atom is 0.260 e. The van der Waals surface area contributed by atoms with Gasteiger partial charge in [-0.2, -0.15) is 0 Å². The van der Waals surface area contributed by atoms with Crippen LogP contribution in [0.5, 0.6) is 0 Å². The van der Waals surface area contributed by atoms with Crippen LogP contribution in [-0.4, -0.2) is 26.6 Å². The molecule has 2 aromatic carbocycles. The molecule has 6 nitrogen and oxygen atoms in total. The fourth-order valence-corrected chi connectivity index (χ4v) is 7.44. The van der Waals surface area contributed by atoms with E-state index in [0.717, 1.165) is 51.3 Å². The summed E-state index contributed by atoms with van der Waals surface area (Å²) in [5.74, 6) is 0.0184. The topological polar surface area (TPSA) is 87.7 Å². The van der Waals surface area contributed by atoms with Crippen molar-refractivity contribution >= 4 is 66.5 Å². The van der Waals surface area contributed by atoms with E-state index >= 15 is 0 Å². The molecule has 2 N–H and O–H groups in total. The Morgan fingerprint density at radius 3 is 2.77 bits per heavy atom. The lowest BCUT2D eigenvalue weighted by Crippen LogP contribution is -2.15. The zero-order valence-corrected chi connectivity index (χ0v) is 21.5. The van der Waals surface area contributed by atoms with Gasteiger partial charge in [0.2, 0.25) is 5.91 Å². The Morgan fingerprint density at radius 2 is 1.91 bits per heavy atom. The predicted octanol–water partition coefficient (Wildman–Crippen LogP) is 6.18. The molecule has 0 saturated carbocycles. The highest BCUT2D eigenvalue weighted by atomic mass is 32.2. The van der Waals surface area contributed by atoms with Crippen molar-refractivity contribution in [3.05, 3.63) is 68.8 Å². The average Bonchev–Trinajstić information content (AvgIpc) is 3.44. The molecule has 0 atom stereocenters. The summed E-state index contributed by atoms with van der Waals surface area (Å²) in [6, 6.07) is 14.0. The average molecular weight is 519 g/mol. The van der Waals surface area contributed by atoms with Crippen molar-refractivity contribution in [3.63, 3.8) is 0 Å².